The van der Waals surface area contributed by atoms with E-state index in [0.717, 1.165) is 13.1 Å². The fourth-order valence-corrected chi connectivity index (χ4v) is 3.94. The van der Waals surface area contributed by atoms with Crippen molar-refractivity contribution >= 4 is 21.1 Å². The molecule has 0 spiro atoms. The van der Waals surface area contributed by atoms with Crippen molar-refractivity contribution in [3.63, 3.8) is 0 Å². The molecule has 1 heterocycles. The van der Waals surface area contributed by atoms with Crippen LogP contribution in [0.25, 0.3) is 11.1 Å². The largest absolute Gasteiger partial charge is 0.419 e. The van der Waals surface area contributed by atoms with Crippen molar-refractivity contribution < 1.29 is 12.8 Å². The summed E-state index contributed by atoms with van der Waals surface area (Å²) < 4.78 is 34.2. The van der Waals surface area contributed by atoms with Gasteiger partial charge in [-0.1, -0.05) is 13.8 Å². The molecule has 0 fully saturated rings. The molecule has 0 aliphatic rings. The van der Waals surface area contributed by atoms with E-state index < -0.39 is 15.8 Å². The van der Waals surface area contributed by atoms with Gasteiger partial charge >= 0.3 is 5.76 Å². The zero-order valence-corrected chi connectivity index (χ0v) is 15.4. The predicted molar refractivity (Wildman–Crippen MR) is 93.7 cm³/mol. The number of likely N-dealkylation sites (N-methyl/N-ethyl adjacent to an activating group) is 1. The van der Waals surface area contributed by atoms with Crippen molar-refractivity contribution in [1.29, 1.82) is 0 Å². The maximum atomic E-state index is 12.5. The van der Waals surface area contributed by atoms with Crippen molar-refractivity contribution in [3.8, 4) is 0 Å². The second kappa shape index (κ2) is 7.50. The molecule has 1 atom stereocenters. The van der Waals surface area contributed by atoms with Gasteiger partial charge in [-0.15, -0.1) is 0 Å². The lowest BCUT2D eigenvalue weighted by atomic mass is 10.3. The average molecular weight is 355 g/mol. The summed E-state index contributed by atoms with van der Waals surface area (Å²) in [5, 5.41) is 0. The number of nitrogens with zero attached hydrogens (tertiary/aromatic N) is 2. The van der Waals surface area contributed by atoms with E-state index in [0.29, 0.717) is 18.6 Å². The lowest BCUT2D eigenvalue weighted by Gasteiger charge is -2.26. The minimum absolute atomic E-state index is 0.0950. The molecule has 7 nitrogen and oxygen atoms in total. The lowest BCUT2D eigenvalue weighted by molar-refractivity contribution is 0.232. The van der Waals surface area contributed by atoms with Gasteiger partial charge < -0.3 is 4.42 Å². The van der Waals surface area contributed by atoms with Gasteiger partial charge in [-0.3, -0.25) is 9.47 Å². The van der Waals surface area contributed by atoms with Gasteiger partial charge in [0.25, 0.3) is 0 Å². The number of rotatable bonds is 8. The van der Waals surface area contributed by atoms with E-state index in [1.165, 1.54) is 16.7 Å². The Kier molecular flexibility index (Phi) is 5.84. The highest BCUT2D eigenvalue weighted by Crippen LogP contribution is 2.18. The minimum Gasteiger partial charge on any atom is -0.408 e. The summed E-state index contributed by atoms with van der Waals surface area (Å²) >= 11 is 0. The highest BCUT2D eigenvalue weighted by molar-refractivity contribution is 7.89. The predicted octanol–water partition coefficient (Wildman–Crippen LogP) is 1.62. The molecule has 1 aromatic carbocycles. The van der Waals surface area contributed by atoms with Crippen LogP contribution in [0.15, 0.2) is 32.3 Å². The molecular formula is C16H25N3O4S. The van der Waals surface area contributed by atoms with Crippen molar-refractivity contribution in [1.82, 2.24) is 14.2 Å². The number of sulfonamides is 1. The first kappa shape index (κ1) is 18.7. The maximum Gasteiger partial charge on any atom is 0.419 e. The maximum absolute atomic E-state index is 12.5. The van der Waals surface area contributed by atoms with Crippen LogP contribution in [0.5, 0.6) is 0 Å². The smallest absolute Gasteiger partial charge is 0.408 e. The van der Waals surface area contributed by atoms with Crippen LogP contribution in [-0.2, 0) is 16.6 Å². The zero-order valence-electron chi connectivity index (χ0n) is 14.6. The van der Waals surface area contributed by atoms with Crippen LogP contribution in [-0.4, -0.2) is 43.6 Å². The molecule has 0 aliphatic carbocycles. The van der Waals surface area contributed by atoms with Gasteiger partial charge in [0.05, 0.1) is 10.4 Å². The fourth-order valence-electron chi connectivity index (χ4n) is 2.80. The average Bonchev–Trinajstić information content (AvgIpc) is 2.88. The van der Waals surface area contributed by atoms with Gasteiger partial charge in [-0.2, -0.15) is 0 Å². The fraction of sp³-hybridized carbons (Fsp3) is 0.562. The molecule has 1 unspecified atom stereocenters. The number of aromatic nitrogens is 1. The molecule has 134 valence electrons. The molecule has 1 aromatic heterocycles. The number of benzene rings is 1. The summed E-state index contributed by atoms with van der Waals surface area (Å²) in [5.74, 6) is -0.481. The van der Waals surface area contributed by atoms with E-state index >= 15 is 0 Å². The highest BCUT2D eigenvalue weighted by Gasteiger charge is 2.19. The molecule has 24 heavy (non-hydrogen) atoms. The van der Waals surface area contributed by atoms with Crippen LogP contribution in [0.3, 0.4) is 0 Å². The summed E-state index contributed by atoms with van der Waals surface area (Å²) in [6, 6.07) is 4.59. The Morgan fingerprint density at radius 3 is 2.50 bits per heavy atom. The highest BCUT2D eigenvalue weighted by atomic mass is 32.2. The summed E-state index contributed by atoms with van der Waals surface area (Å²) in [4.78, 5) is 14.0. The third-order valence-corrected chi connectivity index (χ3v) is 5.69. The van der Waals surface area contributed by atoms with E-state index in [-0.39, 0.29) is 16.5 Å². The molecule has 0 saturated heterocycles. The molecule has 0 aliphatic heterocycles. The summed E-state index contributed by atoms with van der Waals surface area (Å²) in [7, 11) is -3.66. The molecule has 8 heteroatoms. The molecular weight excluding hydrogens is 330 g/mol. The third-order valence-electron chi connectivity index (χ3n) is 4.27. The minimum atomic E-state index is -3.66. The van der Waals surface area contributed by atoms with Gasteiger partial charge in [0.1, 0.15) is 0 Å². The standard InChI is InChI=1S/C16H25N3O4S/c1-5-18(6-2)12(4)11-17-24(21,22)13-8-9-14-15(10-13)23-16(20)19(14)7-3/h8-10,12,17H,5-7,11H2,1-4H3. The van der Waals surface area contributed by atoms with Crippen molar-refractivity contribution in [2.75, 3.05) is 19.6 Å². The number of hydrogen-bond acceptors (Lipinski definition) is 5. The second-order valence-electron chi connectivity index (χ2n) is 5.66. The molecule has 0 amide bonds. The number of hydrogen-bond donors (Lipinski definition) is 1. The normalized spacial score (nSPS) is 13.7. The Balaban J connectivity index is 2.23. The summed E-state index contributed by atoms with van der Waals surface area (Å²) in [5.41, 5.74) is 0.875. The van der Waals surface area contributed by atoms with Crippen LogP contribution >= 0.6 is 0 Å². The van der Waals surface area contributed by atoms with E-state index in [1.807, 2.05) is 27.7 Å². The monoisotopic (exact) mass is 355 g/mol. The Hall–Kier alpha value is -1.64. The van der Waals surface area contributed by atoms with Gasteiger partial charge in [-0.25, -0.2) is 17.9 Å². The van der Waals surface area contributed by atoms with Crippen molar-refractivity contribution in [2.24, 2.45) is 0 Å². The quantitative estimate of drug-likeness (QED) is 0.778. The molecule has 0 saturated carbocycles. The molecule has 0 bridgehead atoms. The molecule has 0 radical (unpaired) electrons. The van der Waals surface area contributed by atoms with Gasteiger partial charge in [0.15, 0.2) is 5.58 Å². The second-order valence-corrected chi connectivity index (χ2v) is 7.43. The SMILES string of the molecule is CCN(CC)C(C)CNS(=O)(=O)c1ccc2c(c1)oc(=O)n2CC. The zero-order chi connectivity index (χ0) is 17.9. The van der Waals surface area contributed by atoms with Gasteiger partial charge in [0.2, 0.25) is 10.0 Å². The number of oxazole rings is 1. The molecule has 1 N–H and O–H groups in total. The lowest BCUT2D eigenvalue weighted by Crippen LogP contribution is -2.41. The van der Waals surface area contributed by atoms with Crippen molar-refractivity contribution in [2.45, 2.75) is 45.2 Å². The van der Waals surface area contributed by atoms with E-state index in [9.17, 15) is 13.2 Å². The van der Waals surface area contributed by atoms with Gasteiger partial charge in [-0.05, 0) is 39.1 Å². The van der Waals surface area contributed by atoms with Crippen LogP contribution < -0.4 is 10.5 Å². The first-order chi connectivity index (χ1) is 11.3. The van der Waals surface area contributed by atoms with Crippen LogP contribution in [0, 0.1) is 0 Å². The van der Waals surface area contributed by atoms with E-state index in [4.69, 9.17) is 4.42 Å². The molecule has 2 aromatic rings. The van der Waals surface area contributed by atoms with Gasteiger partial charge in [0, 0.05) is 25.2 Å². The third kappa shape index (κ3) is 3.71. The van der Waals surface area contributed by atoms with Crippen LogP contribution in [0.4, 0.5) is 0 Å². The Morgan fingerprint density at radius 2 is 1.92 bits per heavy atom. The van der Waals surface area contributed by atoms with E-state index in [2.05, 4.69) is 9.62 Å². The Bertz CT molecular complexity index is 850. The topological polar surface area (TPSA) is 84.6 Å². The van der Waals surface area contributed by atoms with Crippen molar-refractivity contribution in [3.05, 3.63) is 28.7 Å². The molecule has 2 rings (SSSR count). The first-order valence-corrected chi connectivity index (χ1v) is 9.69. The summed E-state index contributed by atoms with van der Waals surface area (Å²) in [6.07, 6.45) is 0. The van der Waals surface area contributed by atoms with E-state index in [1.54, 1.807) is 6.07 Å². The summed E-state index contributed by atoms with van der Waals surface area (Å²) in [6.45, 7) is 10.4. The van der Waals surface area contributed by atoms with Crippen LogP contribution in [0.2, 0.25) is 0 Å². The number of nitrogens with one attached hydrogen (secondary N) is 1. The Labute approximate surface area is 142 Å². The number of fused-ring (bicyclic) bond motifs is 1. The Morgan fingerprint density at radius 1 is 1.25 bits per heavy atom. The number of aryl methyl sites for hydroxylation is 1. The van der Waals surface area contributed by atoms with Crippen LogP contribution in [0.1, 0.15) is 27.7 Å². The first-order valence-electron chi connectivity index (χ1n) is 8.21.